The molecule has 0 bridgehead atoms. The van der Waals surface area contributed by atoms with Gasteiger partial charge in [0.2, 0.25) is 0 Å². The summed E-state index contributed by atoms with van der Waals surface area (Å²) in [6, 6.07) is 10.0. The lowest BCUT2D eigenvalue weighted by Crippen LogP contribution is -2.02. The Bertz CT molecular complexity index is 467. The van der Waals surface area contributed by atoms with Gasteiger partial charge in [-0.1, -0.05) is 41.7 Å². The molecular weight excluding hydrogens is 238 g/mol. The average molecular weight is 251 g/mol. The minimum absolute atomic E-state index is 0.626. The van der Waals surface area contributed by atoms with Gasteiger partial charge in [-0.2, -0.15) is 4.98 Å². The lowest BCUT2D eigenvalue weighted by atomic mass is 10.1. The molecule has 1 unspecified atom stereocenters. The minimum Gasteiger partial charge on any atom is -0.610 e. The summed E-state index contributed by atoms with van der Waals surface area (Å²) < 4.78 is 12.4. The molecule has 0 saturated carbocycles. The van der Waals surface area contributed by atoms with Gasteiger partial charge < -0.3 is 4.55 Å². The number of nitrogens with zero attached hydrogens (tertiary/aromatic N) is 1. The molecule has 0 radical (unpaired) electrons. The maximum Gasteiger partial charge on any atom is 0.302 e. The summed E-state index contributed by atoms with van der Waals surface area (Å²) in [6.07, 6.45) is 0. The van der Waals surface area contributed by atoms with Crippen LogP contribution in [0, 0.1) is 6.92 Å². The van der Waals surface area contributed by atoms with Crippen LogP contribution in [0.5, 0.6) is 0 Å². The monoisotopic (exact) mass is 251 g/mol. The van der Waals surface area contributed by atoms with E-state index in [1.54, 1.807) is 0 Å². The van der Waals surface area contributed by atoms with Crippen molar-refractivity contribution in [1.82, 2.24) is 4.98 Å². The first kappa shape index (κ1) is 11.6. The SMILES string of the molecule is CC[S+]([O-])c1nc(-c2ccccc2)c(C)s1. The van der Waals surface area contributed by atoms with Gasteiger partial charge in [-0.25, -0.2) is 0 Å². The number of hydrogen-bond acceptors (Lipinski definition) is 3. The molecule has 84 valence electrons. The Hall–Kier alpha value is -0.840. The molecule has 2 nitrogen and oxygen atoms in total. The predicted molar refractivity (Wildman–Crippen MR) is 69.2 cm³/mol. The third kappa shape index (κ3) is 2.29. The van der Waals surface area contributed by atoms with Crippen LogP contribution >= 0.6 is 11.3 Å². The molecule has 0 N–H and O–H groups in total. The zero-order valence-corrected chi connectivity index (χ0v) is 10.9. The van der Waals surface area contributed by atoms with Crippen molar-refractivity contribution in [3.05, 3.63) is 35.2 Å². The highest BCUT2D eigenvalue weighted by Crippen LogP contribution is 2.29. The molecule has 2 rings (SSSR count). The average Bonchev–Trinajstić information content (AvgIpc) is 2.71. The van der Waals surface area contributed by atoms with Crippen molar-refractivity contribution in [3.63, 3.8) is 0 Å². The highest BCUT2D eigenvalue weighted by molar-refractivity contribution is 7.93. The van der Waals surface area contributed by atoms with Gasteiger partial charge in [0, 0.05) is 21.6 Å². The van der Waals surface area contributed by atoms with E-state index >= 15 is 0 Å². The van der Waals surface area contributed by atoms with Crippen molar-refractivity contribution < 1.29 is 4.55 Å². The van der Waals surface area contributed by atoms with Gasteiger partial charge in [-0.3, -0.25) is 0 Å². The Kier molecular flexibility index (Phi) is 3.63. The molecule has 0 aliphatic heterocycles. The Morgan fingerprint density at radius 2 is 2.00 bits per heavy atom. The second kappa shape index (κ2) is 4.99. The van der Waals surface area contributed by atoms with E-state index in [0.29, 0.717) is 5.75 Å². The Labute approximate surface area is 103 Å². The fraction of sp³-hybridized carbons (Fsp3) is 0.250. The zero-order valence-electron chi connectivity index (χ0n) is 9.27. The second-order valence-corrected chi connectivity index (χ2v) is 6.50. The molecule has 0 aliphatic rings. The van der Waals surface area contributed by atoms with Gasteiger partial charge in [0.05, 0.1) is 5.69 Å². The number of benzene rings is 1. The van der Waals surface area contributed by atoms with Crippen LogP contribution in [0.2, 0.25) is 0 Å². The molecule has 1 heterocycles. The standard InChI is InChI=1S/C12H13NOS2/c1-3-16(14)12-13-11(9(2)15-12)10-7-5-4-6-8-10/h4-8H,3H2,1-2H3. The summed E-state index contributed by atoms with van der Waals surface area (Å²) in [7, 11) is 0. The largest absolute Gasteiger partial charge is 0.610 e. The Balaban J connectivity index is 2.40. The summed E-state index contributed by atoms with van der Waals surface area (Å²) in [5, 5.41) is 0. The van der Waals surface area contributed by atoms with Crippen LogP contribution in [-0.2, 0) is 11.2 Å². The van der Waals surface area contributed by atoms with E-state index in [9.17, 15) is 4.55 Å². The number of aryl methyl sites for hydroxylation is 1. The summed E-state index contributed by atoms with van der Waals surface area (Å²) >= 11 is 0.584. The summed E-state index contributed by atoms with van der Waals surface area (Å²) in [6.45, 7) is 3.94. The molecular formula is C12H13NOS2. The van der Waals surface area contributed by atoms with E-state index in [-0.39, 0.29) is 0 Å². The van der Waals surface area contributed by atoms with E-state index in [1.807, 2.05) is 44.2 Å². The van der Waals surface area contributed by atoms with E-state index in [0.717, 1.165) is 20.5 Å². The molecule has 0 saturated heterocycles. The first-order valence-corrected chi connectivity index (χ1v) is 7.27. The highest BCUT2D eigenvalue weighted by Gasteiger charge is 2.17. The van der Waals surface area contributed by atoms with E-state index < -0.39 is 11.2 Å². The molecule has 1 aromatic carbocycles. The lowest BCUT2D eigenvalue weighted by molar-refractivity contribution is 0.595. The number of rotatable bonds is 3. The van der Waals surface area contributed by atoms with Gasteiger partial charge in [0.1, 0.15) is 5.75 Å². The van der Waals surface area contributed by atoms with Crippen LogP contribution < -0.4 is 0 Å². The number of hydrogen-bond donors (Lipinski definition) is 0. The van der Waals surface area contributed by atoms with Crippen molar-refractivity contribution >= 4 is 22.5 Å². The molecule has 16 heavy (non-hydrogen) atoms. The first-order chi connectivity index (χ1) is 7.72. The third-order valence-corrected chi connectivity index (χ3v) is 4.86. The van der Waals surface area contributed by atoms with E-state index in [4.69, 9.17) is 0 Å². The van der Waals surface area contributed by atoms with Gasteiger partial charge in [0.25, 0.3) is 0 Å². The van der Waals surface area contributed by atoms with Crippen molar-refractivity contribution in [2.45, 2.75) is 18.2 Å². The smallest absolute Gasteiger partial charge is 0.302 e. The molecule has 1 atom stereocenters. The summed E-state index contributed by atoms with van der Waals surface area (Å²) in [5.74, 6) is 0.626. The van der Waals surface area contributed by atoms with E-state index in [1.165, 1.54) is 11.3 Å². The summed E-state index contributed by atoms with van der Waals surface area (Å²) in [5.41, 5.74) is 2.05. The van der Waals surface area contributed by atoms with Crippen LogP contribution in [0.15, 0.2) is 34.7 Å². The van der Waals surface area contributed by atoms with Crippen LogP contribution in [0.1, 0.15) is 11.8 Å². The van der Waals surface area contributed by atoms with Crippen molar-refractivity contribution in [3.8, 4) is 11.3 Å². The maximum absolute atomic E-state index is 11.7. The van der Waals surface area contributed by atoms with Crippen molar-refractivity contribution in [2.75, 3.05) is 5.75 Å². The maximum atomic E-state index is 11.7. The van der Waals surface area contributed by atoms with Crippen LogP contribution in [0.25, 0.3) is 11.3 Å². The van der Waals surface area contributed by atoms with Crippen molar-refractivity contribution in [1.29, 1.82) is 0 Å². The minimum atomic E-state index is -0.946. The molecule has 0 spiro atoms. The molecule has 4 heteroatoms. The normalized spacial score (nSPS) is 12.7. The van der Waals surface area contributed by atoms with Crippen LogP contribution in [0.3, 0.4) is 0 Å². The van der Waals surface area contributed by atoms with Gasteiger partial charge >= 0.3 is 4.34 Å². The molecule has 2 aromatic rings. The highest BCUT2D eigenvalue weighted by atomic mass is 32.2. The molecule has 0 aliphatic carbocycles. The first-order valence-electron chi connectivity index (χ1n) is 5.13. The fourth-order valence-corrected chi connectivity index (χ4v) is 3.66. The van der Waals surface area contributed by atoms with Gasteiger partial charge in [0.15, 0.2) is 0 Å². The number of aromatic nitrogens is 1. The van der Waals surface area contributed by atoms with Gasteiger partial charge in [-0.15, -0.1) is 0 Å². The Morgan fingerprint density at radius 3 is 2.62 bits per heavy atom. The number of thiazole rings is 1. The second-order valence-electron chi connectivity index (χ2n) is 3.38. The zero-order chi connectivity index (χ0) is 11.5. The van der Waals surface area contributed by atoms with Crippen LogP contribution in [0.4, 0.5) is 0 Å². The van der Waals surface area contributed by atoms with Crippen LogP contribution in [-0.4, -0.2) is 15.3 Å². The third-order valence-electron chi connectivity index (χ3n) is 2.28. The topological polar surface area (TPSA) is 36.0 Å². The molecule has 1 aromatic heterocycles. The molecule has 0 amide bonds. The summed E-state index contributed by atoms with van der Waals surface area (Å²) in [4.78, 5) is 5.60. The molecule has 0 fully saturated rings. The predicted octanol–water partition coefficient (Wildman–Crippen LogP) is 3.25. The fourth-order valence-electron chi connectivity index (χ4n) is 1.46. The quantitative estimate of drug-likeness (QED) is 0.785. The lowest BCUT2D eigenvalue weighted by Gasteiger charge is -2.01. The van der Waals surface area contributed by atoms with Gasteiger partial charge in [-0.05, 0) is 13.8 Å². The van der Waals surface area contributed by atoms with E-state index in [2.05, 4.69) is 4.98 Å². The van der Waals surface area contributed by atoms with Crippen molar-refractivity contribution in [2.24, 2.45) is 0 Å². The Morgan fingerprint density at radius 1 is 1.31 bits per heavy atom.